The fourth-order valence-electron chi connectivity index (χ4n) is 5.90. The van der Waals surface area contributed by atoms with E-state index >= 15 is 4.39 Å². The molecule has 3 aliphatic rings. The van der Waals surface area contributed by atoms with Crippen LogP contribution in [0.2, 0.25) is 0 Å². The molecule has 230 valence electrons. The van der Waals surface area contributed by atoms with Gasteiger partial charge in [-0.2, -0.15) is 0 Å². The minimum absolute atomic E-state index is 0.00754. The third-order valence-corrected chi connectivity index (χ3v) is 8.24. The van der Waals surface area contributed by atoms with Crippen LogP contribution >= 0.6 is 0 Å². The van der Waals surface area contributed by atoms with Crippen LogP contribution in [-0.4, -0.2) is 84.4 Å². The largest absolute Gasteiger partial charge is 0.458 e. The van der Waals surface area contributed by atoms with Crippen LogP contribution in [0.15, 0.2) is 23.0 Å². The normalized spacial score (nSPS) is 28.0. The van der Waals surface area contributed by atoms with Gasteiger partial charge in [-0.3, -0.25) is 4.79 Å². The molecule has 0 amide bonds. The molecular weight excluding hydrogens is 569 g/mol. The van der Waals surface area contributed by atoms with Crippen LogP contribution in [0, 0.1) is 5.82 Å². The summed E-state index contributed by atoms with van der Waals surface area (Å²) in [5, 5.41) is 55.0. The summed E-state index contributed by atoms with van der Waals surface area (Å²) in [6, 6.07) is 4.16. The highest BCUT2D eigenvalue weighted by molar-refractivity contribution is 5.97. The molecule has 0 saturated carbocycles. The molecule has 1 fully saturated rings. The molecule has 0 bridgehead atoms. The molecule has 6 rings (SSSR count). The number of esters is 1. The van der Waals surface area contributed by atoms with Crippen LogP contribution in [0.1, 0.15) is 43.9 Å². The van der Waals surface area contributed by atoms with Crippen LogP contribution in [-0.2, 0) is 33.0 Å². The van der Waals surface area contributed by atoms with Crippen molar-refractivity contribution in [3.8, 4) is 17.1 Å². The van der Waals surface area contributed by atoms with Gasteiger partial charge in [0, 0.05) is 28.6 Å². The van der Waals surface area contributed by atoms with Crippen LogP contribution in [0.3, 0.4) is 0 Å². The molecule has 6 N–H and O–H groups in total. The fourth-order valence-corrected chi connectivity index (χ4v) is 5.90. The number of aromatic nitrogens is 2. The summed E-state index contributed by atoms with van der Waals surface area (Å²) in [4.78, 5) is 30.6. The van der Waals surface area contributed by atoms with E-state index in [2.05, 4.69) is 10.3 Å². The van der Waals surface area contributed by atoms with Gasteiger partial charge in [0.25, 0.3) is 5.56 Å². The van der Waals surface area contributed by atoms with Crippen molar-refractivity contribution >= 4 is 22.6 Å². The van der Waals surface area contributed by atoms with E-state index in [1.54, 1.807) is 19.1 Å². The van der Waals surface area contributed by atoms with Gasteiger partial charge in [0.05, 0.1) is 41.3 Å². The Balaban J connectivity index is 1.48. The zero-order valence-electron chi connectivity index (χ0n) is 23.6. The Morgan fingerprint density at radius 2 is 1.93 bits per heavy atom. The van der Waals surface area contributed by atoms with Crippen molar-refractivity contribution in [1.29, 1.82) is 0 Å². The van der Waals surface area contributed by atoms with E-state index in [4.69, 9.17) is 14.2 Å². The molecule has 3 aliphatic heterocycles. The number of aliphatic hydroxyl groups excluding tert-OH is 4. The van der Waals surface area contributed by atoms with Crippen molar-refractivity contribution in [3.63, 3.8) is 0 Å². The number of carbonyl (C=O) groups excluding carboxylic acids is 1. The molecule has 6 atom stereocenters. The van der Waals surface area contributed by atoms with Gasteiger partial charge < -0.3 is 49.6 Å². The molecule has 0 aliphatic carbocycles. The Labute approximate surface area is 244 Å². The van der Waals surface area contributed by atoms with Gasteiger partial charge in [0.2, 0.25) is 6.29 Å². The molecule has 0 radical (unpaired) electrons. The third kappa shape index (κ3) is 4.48. The van der Waals surface area contributed by atoms with Crippen LogP contribution in [0.25, 0.3) is 22.3 Å². The molecule has 3 aromatic rings. The van der Waals surface area contributed by atoms with Crippen molar-refractivity contribution in [1.82, 2.24) is 9.55 Å². The maximum Gasteiger partial charge on any atom is 0.343 e. The minimum Gasteiger partial charge on any atom is -0.458 e. The summed E-state index contributed by atoms with van der Waals surface area (Å²) in [5.74, 6) is -2.07. The lowest BCUT2D eigenvalue weighted by atomic mass is 9.86. The quantitative estimate of drug-likeness (QED) is 0.165. The van der Waals surface area contributed by atoms with E-state index in [0.717, 1.165) is 6.07 Å². The van der Waals surface area contributed by atoms with Gasteiger partial charge >= 0.3 is 5.97 Å². The second-order valence-electron chi connectivity index (χ2n) is 11.3. The first kappa shape index (κ1) is 29.4. The number of nitrogens with one attached hydrogen (secondary N) is 1. The monoisotopic (exact) mass is 601 g/mol. The Morgan fingerprint density at radius 1 is 1.19 bits per heavy atom. The number of pyridine rings is 2. The second kappa shape index (κ2) is 10.5. The number of nitrogens with zero attached hydrogens (tertiary/aromatic N) is 2. The number of halogens is 1. The number of aliphatic hydroxyl groups is 5. The highest BCUT2D eigenvalue weighted by Gasteiger charge is 2.46. The zero-order chi connectivity index (χ0) is 31.0. The topological polar surface area (TPSA) is 193 Å². The summed E-state index contributed by atoms with van der Waals surface area (Å²) in [7, 11) is 0. The maximum atomic E-state index is 15.7. The predicted molar refractivity (Wildman–Crippen MR) is 148 cm³/mol. The highest BCUT2D eigenvalue weighted by Crippen LogP contribution is 2.43. The molecule has 14 heteroatoms. The molecule has 2 aromatic heterocycles. The number of benzene rings is 1. The van der Waals surface area contributed by atoms with E-state index in [-0.39, 0.29) is 53.7 Å². The number of carbonyl (C=O) groups is 1. The summed E-state index contributed by atoms with van der Waals surface area (Å²) in [5.41, 5.74) is -0.376. The molecule has 5 unspecified atom stereocenters. The number of hydrogen-bond acceptors (Lipinski definition) is 12. The van der Waals surface area contributed by atoms with Gasteiger partial charge in [-0.1, -0.05) is 6.92 Å². The van der Waals surface area contributed by atoms with Crippen LogP contribution in [0.4, 0.5) is 10.1 Å². The second-order valence-corrected chi connectivity index (χ2v) is 11.3. The summed E-state index contributed by atoms with van der Waals surface area (Å²) in [6.07, 6.45) is -7.99. The number of cyclic esters (lactones) is 1. The molecule has 13 nitrogen and oxygen atoms in total. The average molecular weight is 602 g/mol. The SMILES string of the molecule is CC[C@@]1(O)C(=O)OCc2c1cc1n(c2=O)Cc2cc3c(NC(C)C)c(OC4OC(CO)C(O)C(O)C4O)c(F)cc3nc2-1. The average Bonchev–Trinajstić information content (AvgIpc) is 3.33. The van der Waals surface area contributed by atoms with Crippen molar-refractivity contribution in [2.24, 2.45) is 0 Å². The van der Waals surface area contributed by atoms with E-state index < -0.39 is 60.3 Å². The Kier molecular flexibility index (Phi) is 7.18. The van der Waals surface area contributed by atoms with Gasteiger partial charge in [0.15, 0.2) is 17.2 Å². The third-order valence-electron chi connectivity index (χ3n) is 8.24. The number of ether oxygens (including phenoxy) is 3. The van der Waals surface area contributed by atoms with Crippen molar-refractivity contribution < 1.29 is 48.9 Å². The Morgan fingerprint density at radius 3 is 2.60 bits per heavy atom. The van der Waals surface area contributed by atoms with Gasteiger partial charge in [-0.05, 0) is 32.4 Å². The first-order valence-corrected chi connectivity index (χ1v) is 14.0. The lowest BCUT2D eigenvalue weighted by Crippen LogP contribution is -2.60. The van der Waals surface area contributed by atoms with Gasteiger partial charge in [0.1, 0.15) is 31.0 Å². The molecular formula is C29H32FN3O10. The van der Waals surface area contributed by atoms with Crippen LogP contribution < -0.4 is 15.6 Å². The van der Waals surface area contributed by atoms with Gasteiger partial charge in [-0.15, -0.1) is 0 Å². The molecule has 43 heavy (non-hydrogen) atoms. The Hall–Kier alpha value is -3.66. The van der Waals surface area contributed by atoms with Crippen molar-refractivity contribution in [3.05, 3.63) is 51.1 Å². The molecule has 5 heterocycles. The predicted octanol–water partition coefficient (Wildman–Crippen LogP) is 0.218. The standard InChI is InChI=1S/C29H32FN3O10/c1-4-29(40)15-6-18-20-12(8-33(18)26(38)14(15)10-41-28(29)39)5-13-17(32-20)7-16(30)25(21(13)31-11(2)3)43-27-24(37)23(36)22(35)19(9-34)42-27/h5-7,11,19,22-24,27,31,34-37,40H,4,8-10H2,1-3H3/t19?,22?,23?,24?,27?,29-/m0/s1. The Bertz CT molecular complexity index is 1690. The fraction of sp³-hybridized carbons (Fsp3) is 0.483. The van der Waals surface area contributed by atoms with Crippen molar-refractivity contribution in [2.45, 2.75) is 82.7 Å². The zero-order valence-corrected chi connectivity index (χ0v) is 23.6. The summed E-state index contributed by atoms with van der Waals surface area (Å²) < 4.78 is 33.5. The first-order chi connectivity index (χ1) is 20.4. The summed E-state index contributed by atoms with van der Waals surface area (Å²) >= 11 is 0. The maximum absolute atomic E-state index is 15.7. The van der Waals surface area contributed by atoms with Crippen molar-refractivity contribution in [2.75, 3.05) is 11.9 Å². The number of rotatable bonds is 6. The number of anilines is 1. The van der Waals surface area contributed by atoms with E-state index in [9.17, 15) is 35.1 Å². The van der Waals surface area contributed by atoms with Crippen LogP contribution in [0.5, 0.6) is 5.75 Å². The van der Waals surface area contributed by atoms with E-state index in [0.29, 0.717) is 22.3 Å². The highest BCUT2D eigenvalue weighted by atomic mass is 19.1. The lowest BCUT2D eigenvalue weighted by Gasteiger charge is -2.39. The smallest absolute Gasteiger partial charge is 0.343 e. The van der Waals surface area contributed by atoms with E-state index in [1.807, 2.05) is 13.8 Å². The number of fused-ring (bicyclic) bond motifs is 5. The van der Waals surface area contributed by atoms with E-state index in [1.165, 1.54) is 4.57 Å². The summed E-state index contributed by atoms with van der Waals surface area (Å²) in [6.45, 7) is 4.39. The minimum atomic E-state index is -1.99. The molecule has 0 spiro atoms. The molecule has 1 saturated heterocycles. The molecule has 1 aromatic carbocycles. The first-order valence-electron chi connectivity index (χ1n) is 14.0. The number of hydrogen-bond donors (Lipinski definition) is 6. The lowest BCUT2D eigenvalue weighted by molar-refractivity contribution is -0.277. The van der Waals surface area contributed by atoms with Gasteiger partial charge in [-0.25, -0.2) is 14.2 Å².